The largest absolute Gasteiger partial charge is 0.387 e. The topological polar surface area (TPSA) is 72.3 Å². The van der Waals surface area contributed by atoms with Gasteiger partial charge in [0.15, 0.2) is 0 Å². The smallest absolute Gasteiger partial charge is 0.0951 e. The van der Waals surface area contributed by atoms with Crippen LogP contribution in [0.4, 0.5) is 0 Å². The highest BCUT2D eigenvalue weighted by atomic mass is 16.3. The fourth-order valence-electron chi connectivity index (χ4n) is 1.14. The van der Waals surface area contributed by atoms with Gasteiger partial charge in [-0.1, -0.05) is 11.5 Å². The minimum absolute atomic E-state index is 0.369. The molecule has 3 nitrogen and oxygen atoms in total. The van der Waals surface area contributed by atoms with Crippen molar-refractivity contribution in [1.29, 1.82) is 0 Å². The summed E-state index contributed by atoms with van der Waals surface area (Å²) in [6.07, 6.45) is 2.01. The van der Waals surface area contributed by atoms with Crippen LogP contribution in [0.1, 0.15) is 12.8 Å². The van der Waals surface area contributed by atoms with E-state index in [1.165, 1.54) is 6.08 Å². The predicted octanol–water partition coefficient (Wildman–Crippen LogP) is 1.62. The molecule has 0 aromatic carbocycles. The summed E-state index contributed by atoms with van der Waals surface area (Å²) < 4.78 is 0. The van der Waals surface area contributed by atoms with Crippen molar-refractivity contribution in [3.05, 3.63) is 87.2 Å². The first-order chi connectivity index (χ1) is 11.2. The van der Waals surface area contributed by atoms with Crippen LogP contribution < -0.4 is 11.5 Å². The fraction of sp³-hybridized carbons (Fsp3) is 0.250. The van der Waals surface area contributed by atoms with Gasteiger partial charge in [-0.3, -0.25) is 0 Å². The maximum Gasteiger partial charge on any atom is 0.0951 e. The second-order valence-electron chi connectivity index (χ2n) is 3.95. The van der Waals surface area contributed by atoms with Crippen LogP contribution in [-0.4, -0.2) is 23.8 Å². The van der Waals surface area contributed by atoms with Crippen LogP contribution in [0.3, 0.4) is 0 Å². The van der Waals surface area contributed by atoms with Crippen molar-refractivity contribution in [2.24, 2.45) is 11.5 Å². The molecule has 0 fully saturated rings. The molecule has 0 bridgehead atoms. The van der Waals surface area contributed by atoms with E-state index in [9.17, 15) is 5.11 Å². The summed E-state index contributed by atoms with van der Waals surface area (Å²) in [7, 11) is 0. The van der Waals surface area contributed by atoms with Gasteiger partial charge in [-0.05, 0) is 95.1 Å². The lowest BCUT2D eigenvalue weighted by molar-refractivity contribution is 0.185. The molecule has 23 heavy (non-hydrogen) atoms. The number of nitrogens with two attached hydrogens (primary N) is 2. The Kier molecular flexibility index (Phi) is 13.0. The zero-order chi connectivity index (χ0) is 17.2. The van der Waals surface area contributed by atoms with Gasteiger partial charge in [0, 0.05) is 6.04 Å². The van der Waals surface area contributed by atoms with Crippen LogP contribution in [-0.2, 0) is 0 Å². The Labute approximate surface area is 135 Å². The number of aliphatic hydroxyl groups is 1. The van der Waals surface area contributed by atoms with Gasteiger partial charge in [0.1, 0.15) is 0 Å². The predicted molar refractivity (Wildman–Crippen MR) is 88.1 cm³/mol. The second kappa shape index (κ2) is 15.2. The summed E-state index contributed by atoms with van der Waals surface area (Å²) >= 11 is 0. The number of hydrogen-bond donors (Lipinski definition) is 3. The highest BCUT2D eigenvalue weighted by molar-refractivity contribution is 4.96. The van der Waals surface area contributed by atoms with Crippen molar-refractivity contribution >= 4 is 0 Å². The second-order valence-corrected chi connectivity index (χ2v) is 3.95. The molecule has 0 aromatic heterocycles. The van der Waals surface area contributed by atoms with Crippen molar-refractivity contribution in [2.45, 2.75) is 25.0 Å². The highest BCUT2D eigenvalue weighted by Crippen LogP contribution is 1.99. The van der Waals surface area contributed by atoms with Crippen molar-refractivity contribution in [2.75, 3.05) is 6.54 Å². The third-order valence-electron chi connectivity index (χ3n) is 2.22. The molecule has 0 aliphatic heterocycles. The lowest BCUT2D eigenvalue weighted by Gasteiger charge is -2.13. The summed E-state index contributed by atoms with van der Waals surface area (Å²) in [4.78, 5) is 0. The summed E-state index contributed by atoms with van der Waals surface area (Å²) in [6, 6.07) is -0.369. The zero-order valence-electron chi connectivity index (χ0n) is 12.7. The molecule has 0 spiro atoms. The zero-order valence-corrected chi connectivity index (χ0v) is 12.7. The molecule has 0 amide bonds. The van der Waals surface area contributed by atoms with Gasteiger partial charge in [-0.2, -0.15) is 0 Å². The van der Waals surface area contributed by atoms with Crippen molar-refractivity contribution in [1.82, 2.24) is 0 Å². The highest BCUT2D eigenvalue weighted by Gasteiger charge is 2.09. The van der Waals surface area contributed by atoms with E-state index in [1.807, 2.05) is 0 Å². The molecule has 0 radical (unpaired) electrons. The van der Waals surface area contributed by atoms with E-state index in [4.69, 9.17) is 11.5 Å². The molecule has 0 aliphatic rings. The van der Waals surface area contributed by atoms with Gasteiger partial charge in [0.05, 0.1) is 6.10 Å². The van der Waals surface area contributed by atoms with Crippen LogP contribution in [0.2, 0.25) is 0 Å². The lowest BCUT2D eigenvalue weighted by atomic mass is 10.1. The van der Waals surface area contributed by atoms with Crippen LogP contribution in [0.5, 0.6) is 0 Å². The first-order valence-electron chi connectivity index (χ1n) is 6.72. The first kappa shape index (κ1) is 19.8. The maximum absolute atomic E-state index is 9.67. The molecular formula is C20H16N2O. The molecule has 0 unspecified atom stereocenters. The number of aliphatic hydroxyl groups excluding tert-OH is 1. The van der Waals surface area contributed by atoms with E-state index in [0.29, 0.717) is 13.0 Å². The Balaban J connectivity index is 5.17. The first-order valence-corrected chi connectivity index (χ1v) is 6.72. The van der Waals surface area contributed by atoms with E-state index in [-0.39, 0.29) is 6.04 Å². The fourth-order valence-corrected chi connectivity index (χ4v) is 1.14. The molecule has 112 valence electrons. The van der Waals surface area contributed by atoms with E-state index in [1.54, 1.807) is 0 Å². The lowest BCUT2D eigenvalue weighted by Crippen LogP contribution is -2.33. The average Bonchev–Trinajstić information content (AvgIpc) is 2.56. The monoisotopic (exact) mass is 300 g/mol. The maximum atomic E-state index is 9.67. The van der Waals surface area contributed by atoms with Gasteiger partial charge in [-0.15, -0.1) is 0 Å². The van der Waals surface area contributed by atoms with E-state index in [0.717, 1.165) is 6.42 Å². The van der Waals surface area contributed by atoms with Crippen LogP contribution in [0, 0.1) is 0 Å². The molecule has 0 saturated carbocycles. The Hall–Kier alpha value is -3.24. The average molecular weight is 300 g/mol. The van der Waals surface area contributed by atoms with E-state index >= 15 is 0 Å². The molecule has 0 saturated heterocycles. The Bertz CT molecular complexity index is 875. The molecule has 3 heteroatoms. The van der Waals surface area contributed by atoms with Crippen molar-refractivity contribution < 1.29 is 5.11 Å². The molecule has 2 atom stereocenters. The summed E-state index contributed by atoms with van der Waals surface area (Å²) in [5.74, 6) is 0. The van der Waals surface area contributed by atoms with Gasteiger partial charge in [0.2, 0.25) is 0 Å². The van der Waals surface area contributed by atoms with Gasteiger partial charge < -0.3 is 16.6 Å². The number of hydrogen-bond acceptors (Lipinski definition) is 3. The summed E-state index contributed by atoms with van der Waals surface area (Å²) in [5, 5.41) is 9.67. The molecule has 0 aromatic rings. The van der Waals surface area contributed by atoms with Crippen LogP contribution >= 0.6 is 0 Å². The van der Waals surface area contributed by atoms with E-state index < -0.39 is 6.10 Å². The molecule has 0 aliphatic carbocycles. The Morgan fingerprint density at radius 3 is 1.83 bits per heavy atom. The molecule has 0 rings (SSSR count). The summed E-state index contributed by atoms with van der Waals surface area (Å²) in [5.41, 5.74) is 43.5. The van der Waals surface area contributed by atoms with E-state index in [2.05, 4.69) is 81.1 Å². The van der Waals surface area contributed by atoms with Crippen molar-refractivity contribution in [3.8, 4) is 0 Å². The minimum atomic E-state index is -0.798. The number of rotatable bonds is 5. The SMILES string of the molecule is C=C=C=C=C=C=C=C=C=C=C=C=C=C=C[C@H](O)[C@@H](N)CCCN. The minimum Gasteiger partial charge on any atom is -0.387 e. The van der Waals surface area contributed by atoms with Gasteiger partial charge in [0.25, 0.3) is 0 Å². The molecule has 5 N–H and O–H groups in total. The quantitative estimate of drug-likeness (QED) is 0.676. The van der Waals surface area contributed by atoms with Crippen LogP contribution in [0.15, 0.2) is 87.2 Å². The third kappa shape index (κ3) is 13.5. The summed E-state index contributed by atoms with van der Waals surface area (Å²) in [6.45, 7) is 3.85. The van der Waals surface area contributed by atoms with Gasteiger partial charge >= 0.3 is 0 Å². The van der Waals surface area contributed by atoms with Crippen LogP contribution in [0.25, 0.3) is 0 Å². The standard InChI is InChI=1S/C20H16N2O/c1-2-3-4-5-6-7-8-9-10-11-12-13-14-17-20(23)19(22)16-15-18-21/h17,19-20,23H,1,15-16,18,21-22H2/t19-,20-/m0/s1. The van der Waals surface area contributed by atoms with Gasteiger partial charge in [-0.25, -0.2) is 0 Å². The Morgan fingerprint density at radius 1 is 0.870 bits per heavy atom. The van der Waals surface area contributed by atoms with Crippen molar-refractivity contribution in [3.63, 3.8) is 0 Å². The normalized spacial score (nSPS) is 9.35. The third-order valence-corrected chi connectivity index (χ3v) is 2.22. The Morgan fingerprint density at radius 2 is 1.35 bits per heavy atom. The molecular weight excluding hydrogens is 284 g/mol. The molecule has 0 heterocycles.